The second-order valence-corrected chi connectivity index (χ2v) is 5.50. The van der Waals surface area contributed by atoms with Gasteiger partial charge in [-0.2, -0.15) is 0 Å². The summed E-state index contributed by atoms with van der Waals surface area (Å²) in [5.41, 5.74) is 6.18. The van der Waals surface area contributed by atoms with Gasteiger partial charge in [0.05, 0.1) is 6.61 Å². The average Bonchev–Trinajstić information content (AvgIpc) is 2.58. The molecule has 0 spiro atoms. The average molecular weight is 328 g/mol. The second kappa shape index (κ2) is 9.89. The van der Waals surface area contributed by atoms with Crippen molar-refractivity contribution in [3.8, 4) is 16.9 Å². The Kier molecular flexibility index (Phi) is 8.20. The van der Waals surface area contributed by atoms with Gasteiger partial charge in [-0.1, -0.05) is 32.0 Å². The highest BCUT2D eigenvalue weighted by Crippen LogP contribution is 2.33. The Labute approximate surface area is 145 Å². The minimum absolute atomic E-state index is 0.133. The molecule has 2 rings (SSSR count). The summed E-state index contributed by atoms with van der Waals surface area (Å²) in [5, 5.41) is 8.82. The first-order valence-electron chi connectivity index (χ1n) is 8.48. The molecule has 0 aliphatic heterocycles. The maximum Gasteiger partial charge on any atom is 0.150 e. The smallest absolute Gasteiger partial charge is 0.150 e. The van der Waals surface area contributed by atoms with Gasteiger partial charge in [-0.15, -0.1) is 0 Å². The van der Waals surface area contributed by atoms with Crippen molar-refractivity contribution >= 4 is 6.29 Å². The van der Waals surface area contributed by atoms with Gasteiger partial charge in [0.1, 0.15) is 12.0 Å². The van der Waals surface area contributed by atoms with E-state index in [1.165, 1.54) is 0 Å². The van der Waals surface area contributed by atoms with Crippen LogP contribution in [-0.2, 0) is 0 Å². The molecular weight excluding hydrogens is 300 g/mol. The molecule has 3 heteroatoms. The van der Waals surface area contributed by atoms with Gasteiger partial charge in [-0.3, -0.25) is 4.79 Å². The first-order valence-corrected chi connectivity index (χ1v) is 8.48. The van der Waals surface area contributed by atoms with Gasteiger partial charge in [0, 0.05) is 18.6 Å². The van der Waals surface area contributed by atoms with E-state index in [0.717, 1.165) is 45.4 Å². The Balaban J connectivity index is 0.00000139. The monoisotopic (exact) mass is 328 g/mol. The highest BCUT2D eigenvalue weighted by atomic mass is 16.5. The Hall–Kier alpha value is -2.13. The minimum Gasteiger partial charge on any atom is -0.493 e. The molecule has 0 unspecified atom stereocenters. The number of aliphatic hydroxyl groups excluding tert-OH is 1. The van der Waals surface area contributed by atoms with Crippen LogP contribution < -0.4 is 4.74 Å². The number of carbonyl (C=O) groups excluding carboxylic acids is 1. The second-order valence-electron chi connectivity index (χ2n) is 5.50. The summed E-state index contributed by atoms with van der Waals surface area (Å²) in [4.78, 5) is 11.1. The molecular formula is C21H28O3. The fourth-order valence-electron chi connectivity index (χ4n) is 2.74. The Morgan fingerprint density at radius 2 is 1.71 bits per heavy atom. The van der Waals surface area contributed by atoms with Crippen LogP contribution in [0.5, 0.6) is 5.75 Å². The molecule has 1 N–H and O–H groups in total. The topological polar surface area (TPSA) is 46.5 Å². The quantitative estimate of drug-likeness (QED) is 0.607. The molecule has 0 atom stereocenters. The number of aliphatic hydroxyl groups is 1. The lowest BCUT2D eigenvalue weighted by Crippen LogP contribution is -2.01. The van der Waals surface area contributed by atoms with Gasteiger partial charge >= 0.3 is 0 Å². The predicted molar refractivity (Wildman–Crippen MR) is 100 cm³/mol. The van der Waals surface area contributed by atoms with E-state index >= 15 is 0 Å². The van der Waals surface area contributed by atoms with Crippen LogP contribution in [0, 0.1) is 20.8 Å². The molecule has 0 fully saturated rings. The summed E-state index contributed by atoms with van der Waals surface area (Å²) >= 11 is 0. The summed E-state index contributed by atoms with van der Waals surface area (Å²) in [6.07, 6.45) is 1.52. The van der Waals surface area contributed by atoms with Crippen LogP contribution in [-0.4, -0.2) is 24.6 Å². The van der Waals surface area contributed by atoms with Crippen LogP contribution in [0.3, 0.4) is 0 Å². The van der Waals surface area contributed by atoms with Crippen LogP contribution in [0.25, 0.3) is 11.1 Å². The third-order valence-electron chi connectivity index (χ3n) is 3.85. The van der Waals surface area contributed by atoms with Crippen molar-refractivity contribution in [3.63, 3.8) is 0 Å². The summed E-state index contributed by atoms with van der Waals surface area (Å²) in [5.74, 6) is 0.816. The minimum atomic E-state index is 0.133. The molecule has 0 bridgehead atoms. The lowest BCUT2D eigenvalue weighted by atomic mass is 9.90. The Bertz CT molecular complexity index is 652. The number of hydrogen-bond donors (Lipinski definition) is 1. The van der Waals surface area contributed by atoms with Crippen LogP contribution in [0.2, 0.25) is 0 Å². The zero-order chi connectivity index (χ0) is 18.1. The molecule has 0 aromatic heterocycles. The van der Waals surface area contributed by atoms with E-state index in [-0.39, 0.29) is 6.61 Å². The zero-order valence-corrected chi connectivity index (χ0v) is 15.3. The number of hydrogen-bond acceptors (Lipinski definition) is 3. The normalized spacial score (nSPS) is 9.92. The number of aldehydes is 1. The first kappa shape index (κ1) is 19.9. The van der Waals surface area contributed by atoms with Crippen LogP contribution in [0.1, 0.15) is 47.3 Å². The zero-order valence-electron chi connectivity index (χ0n) is 15.3. The van der Waals surface area contributed by atoms with Gasteiger partial charge < -0.3 is 9.84 Å². The molecule has 0 aliphatic carbocycles. The highest BCUT2D eigenvalue weighted by molar-refractivity contribution is 5.84. The van der Waals surface area contributed by atoms with Gasteiger partial charge in [-0.05, 0) is 60.7 Å². The summed E-state index contributed by atoms with van der Waals surface area (Å²) in [7, 11) is 0. The van der Waals surface area contributed by atoms with Crippen LogP contribution >= 0.6 is 0 Å². The van der Waals surface area contributed by atoms with Crippen molar-refractivity contribution in [2.75, 3.05) is 13.2 Å². The summed E-state index contributed by atoms with van der Waals surface area (Å²) in [6, 6.07) is 9.81. The molecule has 24 heavy (non-hydrogen) atoms. The molecule has 0 amide bonds. The fourth-order valence-corrected chi connectivity index (χ4v) is 2.74. The van der Waals surface area contributed by atoms with Crippen molar-refractivity contribution in [2.45, 2.75) is 41.0 Å². The molecule has 130 valence electrons. The molecule has 0 heterocycles. The highest BCUT2D eigenvalue weighted by Gasteiger charge is 2.12. The van der Waals surface area contributed by atoms with Crippen LogP contribution in [0.15, 0.2) is 30.3 Å². The summed E-state index contributed by atoms with van der Waals surface area (Å²) < 4.78 is 5.66. The number of carbonyl (C=O) groups is 1. The maximum absolute atomic E-state index is 11.1. The van der Waals surface area contributed by atoms with Crippen molar-refractivity contribution < 1.29 is 14.6 Å². The maximum atomic E-state index is 11.1. The van der Waals surface area contributed by atoms with E-state index in [2.05, 4.69) is 0 Å². The number of benzene rings is 2. The van der Waals surface area contributed by atoms with Gasteiger partial charge in [0.15, 0.2) is 0 Å². The van der Waals surface area contributed by atoms with Crippen molar-refractivity contribution in [1.29, 1.82) is 0 Å². The van der Waals surface area contributed by atoms with Crippen molar-refractivity contribution in [1.82, 2.24) is 0 Å². The van der Waals surface area contributed by atoms with Gasteiger partial charge in [0.25, 0.3) is 0 Å². The van der Waals surface area contributed by atoms with E-state index in [9.17, 15) is 4.79 Å². The molecule has 0 aliphatic rings. The van der Waals surface area contributed by atoms with E-state index < -0.39 is 0 Å². The number of rotatable bonds is 6. The molecule has 0 saturated carbocycles. The molecule has 2 aromatic carbocycles. The van der Waals surface area contributed by atoms with E-state index in [4.69, 9.17) is 9.84 Å². The summed E-state index contributed by atoms with van der Waals surface area (Å²) in [6.45, 7) is 10.7. The fraction of sp³-hybridized carbons (Fsp3) is 0.381. The third-order valence-corrected chi connectivity index (χ3v) is 3.85. The number of ether oxygens (including phenoxy) is 1. The Morgan fingerprint density at radius 3 is 2.25 bits per heavy atom. The van der Waals surface area contributed by atoms with Crippen molar-refractivity contribution in [2.24, 2.45) is 0 Å². The standard InChI is InChI=1S/C19H22O3.C2H6/c1-13-10-17(22-9-5-8-20)11-14(2)19(13)18-7-4-6-16(12-21)15(18)3;1-2/h4,6-7,10-12,20H,5,8-9H2,1-3H3;1-2H3. The molecule has 2 aromatic rings. The van der Waals surface area contributed by atoms with Gasteiger partial charge in [-0.25, -0.2) is 0 Å². The van der Waals surface area contributed by atoms with E-state index in [1.807, 2.05) is 65.0 Å². The van der Waals surface area contributed by atoms with Crippen molar-refractivity contribution in [3.05, 3.63) is 52.6 Å². The number of aryl methyl sites for hydroxylation is 2. The SMILES string of the molecule is CC.Cc1cc(OCCCO)cc(C)c1-c1cccc(C=O)c1C. The molecule has 0 radical (unpaired) electrons. The third kappa shape index (κ3) is 4.68. The lowest BCUT2D eigenvalue weighted by Gasteiger charge is -2.16. The Morgan fingerprint density at radius 1 is 1.08 bits per heavy atom. The molecule has 0 saturated heterocycles. The van der Waals surface area contributed by atoms with E-state index in [0.29, 0.717) is 13.0 Å². The molecule has 3 nitrogen and oxygen atoms in total. The largest absolute Gasteiger partial charge is 0.493 e. The predicted octanol–water partition coefficient (Wildman–Crippen LogP) is 4.88. The lowest BCUT2D eigenvalue weighted by molar-refractivity contribution is 0.112. The van der Waals surface area contributed by atoms with Gasteiger partial charge in [0.2, 0.25) is 0 Å². The first-order chi connectivity index (χ1) is 11.6. The van der Waals surface area contributed by atoms with E-state index in [1.54, 1.807) is 0 Å². The van der Waals surface area contributed by atoms with Crippen LogP contribution in [0.4, 0.5) is 0 Å².